The largest absolute Gasteiger partial charge is 0.106 e. The number of rotatable bonds is 0. The highest BCUT2D eigenvalue weighted by Crippen LogP contribution is 2.14. The molecule has 1 aliphatic rings. The molecular formula is C5H10Cl2. The van der Waals surface area contributed by atoms with E-state index in [-0.39, 0.29) is 4.84 Å². The summed E-state index contributed by atoms with van der Waals surface area (Å²) in [6, 6.07) is 0. The summed E-state index contributed by atoms with van der Waals surface area (Å²) in [4.78, 5) is -0.222. The molecular weight excluding hydrogens is 131 g/mol. The fourth-order valence-corrected chi connectivity index (χ4v) is 0. The van der Waals surface area contributed by atoms with Crippen LogP contribution in [0.2, 0.25) is 0 Å². The lowest BCUT2D eigenvalue weighted by Crippen LogP contribution is -1.63. The van der Waals surface area contributed by atoms with Crippen molar-refractivity contribution < 1.29 is 0 Å². The van der Waals surface area contributed by atoms with E-state index in [9.17, 15) is 0 Å². The van der Waals surface area contributed by atoms with Crippen LogP contribution in [0.1, 0.15) is 26.2 Å². The van der Waals surface area contributed by atoms with Gasteiger partial charge < -0.3 is 0 Å². The normalized spacial score (nSPS) is 15.4. The minimum absolute atomic E-state index is 0.222. The van der Waals surface area contributed by atoms with Crippen molar-refractivity contribution in [1.29, 1.82) is 0 Å². The lowest BCUT2D eigenvalue weighted by Gasteiger charge is -1.72. The molecule has 44 valence electrons. The van der Waals surface area contributed by atoms with E-state index in [2.05, 4.69) is 0 Å². The highest BCUT2D eigenvalue weighted by Gasteiger charge is 1.95. The average molecular weight is 141 g/mol. The van der Waals surface area contributed by atoms with Gasteiger partial charge in [-0.25, -0.2) is 0 Å². The molecule has 2 heteroatoms. The van der Waals surface area contributed by atoms with E-state index in [0.717, 1.165) is 0 Å². The third-order valence-corrected chi connectivity index (χ3v) is 0.354. The van der Waals surface area contributed by atoms with E-state index in [1.807, 2.05) is 0 Å². The summed E-state index contributed by atoms with van der Waals surface area (Å²) in [6.45, 7) is 1.70. The van der Waals surface area contributed by atoms with Crippen LogP contribution in [0.4, 0.5) is 0 Å². The van der Waals surface area contributed by atoms with Crippen molar-refractivity contribution in [2.45, 2.75) is 31.0 Å². The van der Waals surface area contributed by atoms with Crippen LogP contribution in [-0.2, 0) is 0 Å². The van der Waals surface area contributed by atoms with Gasteiger partial charge in [0.15, 0.2) is 0 Å². The van der Waals surface area contributed by atoms with Crippen LogP contribution in [0, 0.1) is 0 Å². The van der Waals surface area contributed by atoms with Gasteiger partial charge in [-0.05, 0) is 6.92 Å². The third kappa shape index (κ3) is 55.3. The Bertz CT molecular complexity index is 27.6. The van der Waals surface area contributed by atoms with Crippen LogP contribution >= 0.6 is 23.2 Å². The number of hydrogen-bond acceptors (Lipinski definition) is 0. The molecule has 0 aliphatic heterocycles. The smallest absolute Gasteiger partial charge is 0.105 e. The monoisotopic (exact) mass is 140 g/mol. The maximum atomic E-state index is 5.04. The Morgan fingerprint density at radius 1 is 1.14 bits per heavy atom. The predicted molar refractivity (Wildman–Crippen MR) is 35.0 cm³/mol. The van der Waals surface area contributed by atoms with Gasteiger partial charge in [0.25, 0.3) is 0 Å². The molecule has 1 aliphatic carbocycles. The zero-order chi connectivity index (χ0) is 5.70. The Balaban J connectivity index is 0.000000105. The molecule has 0 radical (unpaired) electrons. The van der Waals surface area contributed by atoms with E-state index in [0.29, 0.717) is 0 Å². The van der Waals surface area contributed by atoms with Crippen LogP contribution in [0.5, 0.6) is 0 Å². The van der Waals surface area contributed by atoms with Crippen LogP contribution in [0.15, 0.2) is 0 Å². The predicted octanol–water partition coefficient (Wildman–Crippen LogP) is 2.98. The molecule has 0 bridgehead atoms. The second kappa shape index (κ2) is 4.73. The number of alkyl halides is 2. The van der Waals surface area contributed by atoms with Crippen molar-refractivity contribution in [1.82, 2.24) is 0 Å². The van der Waals surface area contributed by atoms with E-state index in [1.54, 1.807) is 6.92 Å². The number of hydrogen-bond donors (Lipinski definition) is 0. The highest BCUT2D eigenvalue weighted by molar-refractivity contribution is 6.43. The summed E-state index contributed by atoms with van der Waals surface area (Å²) in [5, 5.41) is 0. The van der Waals surface area contributed by atoms with Crippen LogP contribution in [-0.4, -0.2) is 4.84 Å². The lowest BCUT2D eigenvalue weighted by molar-refractivity contribution is 1.39. The molecule has 0 spiro atoms. The maximum absolute atomic E-state index is 5.04. The molecule has 1 saturated carbocycles. The first-order valence-corrected chi connectivity index (χ1v) is 3.39. The average Bonchev–Trinajstić information content (AvgIpc) is 2.02. The summed E-state index contributed by atoms with van der Waals surface area (Å²) < 4.78 is 0. The van der Waals surface area contributed by atoms with Crippen molar-refractivity contribution in [2.24, 2.45) is 0 Å². The van der Waals surface area contributed by atoms with Crippen LogP contribution in [0.3, 0.4) is 0 Å². The fraction of sp³-hybridized carbons (Fsp3) is 1.00. The molecule has 1 fully saturated rings. The van der Waals surface area contributed by atoms with Crippen molar-refractivity contribution in [3.8, 4) is 0 Å². The molecule has 0 aromatic carbocycles. The molecule has 0 saturated heterocycles. The topological polar surface area (TPSA) is 0 Å². The zero-order valence-corrected chi connectivity index (χ0v) is 5.97. The lowest BCUT2D eigenvalue weighted by atomic mass is 11.0. The summed E-state index contributed by atoms with van der Waals surface area (Å²) in [7, 11) is 0. The molecule has 0 N–H and O–H groups in total. The molecule has 0 heterocycles. The summed E-state index contributed by atoms with van der Waals surface area (Å²) in [5.41, 5.74) is 0. The van der Waals surface area contributed by atoms with Gasteiger partial charge in [0.05, 0.1) is 0 Å². The molecule has 0 amide bonds. The Labute approximate surface area is 54.8 Å². The Hall–Kier alpha value is 0.580. The van der Waals surface area contributed by atoms with Gasteiger partial charge in [0.2, 0.25) is 0 Å². The molecule has 0 nitrogen and oxygen atoms in total. The van der Waals surface area contributed by atoms with Gasteiger partial charge in [0.1, 0.15) is 4.84 Å². The fourth-order valence-electron chi connectivity index (χ4n) is 0. The summed E-state index contributed by atoms with van der Waals surface area (Å²) in [5.74, 6) is 0. The minimum atomic E-state index is -0.222. The second-order valence-corrected chi connectivity index (χ2v) is 3.11. The Kier molecular flexibility index (Phi) is 5.12. The molecule has 0 unspecified atom stereocenters. The first-order valence-electron chi connectivity index (χ1n) is 2.51. The summed E-state index contributed by atoms with van der Waals surface area (Å²) >= 11 is 10.1. The van der Waals surface area contributed by atoms with Crippen LogP contribution in [0.25, 0.3) is 0 Å². The van der Waals surface area contributed by atoms with Gasteiger partial charge in [-0.15, -0.1) is 23.2 Å². The maximum Gasteiger partial charge on any atom is 0.105 e. The second-order valence-electron chi connectivity index (χ2n) is 1.58. The van der Waals surface area contributed by atoms with Crippen LogP contribution < -0.4 is 0 Å². The van der Waals surface area contributed by atoms with Crippen molar-refractivity contribution >= 4 is 23.2 Å². The highest BCUT2D eigenvalue weighted by atomic mass is 35.5. The standard InChI is InChI=1S/C3H6.C2H4Cl2/c1-2-3-1;1-2(3)4/h1-3H2;2H,1H3. The van der Waals surface area contributed by atoms with Gasteiger partial charge in [-0.3, -0.25) is 0 Å². The third-order valence-electron chi connectivity index (χ3n) is 0.354. The van der Waals surface area contributed by atoms with E-state index < -0.39 is 0 Å². The van der Waals surface area contributed by atoms with Gasteiger partial charge in [0, 0.05) is 0 Å². The van der Waals surface area contributed by atoms with Crippen molar-refractivity contribution in [3.63, 3.8) is 0 Å². The molecule has 1 rings (SSSR count). The molecule has 7 heavy (non-hydrogen) atoms. The minimum Gasteiger partial charge on any atom is -0.106 e. The van der Waals surface area contributed by atoms with E-state index in [4.69, 9.17) is 23.2 Å². The van der Waals surface area contributed by atoms with Gasteiger partial charge >= 0.3 is 0 Å². The summed E-state index contributed by atoms with van der Waals surface area (Å²) in [6.07, 6.45) is 4.50. The first-order chi connectivity index (χ1) is 3.23. The zero-order valence-electron chi connectivity index (χ0n) is 4.45. The van der Waals surface area contributed by atoms with Crippen molar-refractivity contribution in [3.05, 3.63) is 0 Å². The van der Waals surface area contributed by atoms with E-state index >= 15 is 0 Å². The molecule has 0 aromatic rings. The van der Waals surface area contributed by atoms with Gasteiger partial charge in [-0.1, -0.05) is 19.3 Å². The Morgan fingerprint density at radius 3 is 1.29 bits per heavy atom. The Morgan fingerprint density at radius 2 is 1.29 bits per heavy atom. The molecule has 0 atom stereocenters. The molecule has 0 aromatic heterocycles. The SMILES string of the molecule is C1CC1.CC(Cl)Cl. The quantitative estimate of drug-likeness (QED) is 0.455. The van der Waals surface area contributed by atoms with E-state index in [1.165, 1.54) is 19.3 Å². The van der Waals surface area contributed by atoms with Gasteiger partial charge in [-0.2, -0.15) is 0 Å². The van der Waals surface area contributed by atoms with Crippen molar-refractivity contribution in [2.75, 3.05) is 0 Å². The first kappa shape index (κ1) is 7.58. The number of halogens is 2.